The number of hydrogen-bond donors (Lipinski definition) is 1. The third kappa shape index (κ3) is 2.95. The standard InChI is InChI=1S/C17H27N/c1-4-5-7-13(2)17(18-3)16-11-10-14-8-6-9-15(14)12-16/h10-13,17-18H,4-9H2,1-3H3. The molecule has 0 heterocycles. The van der Waals surface area contributed by atoms with Crippen LogP contribution in [0.2, 0.25) is 0 Å². The summed E-state index contributed by atoms with van der Waals surface area (Å²) in [5.41, 5.74) is 4.66. The van der Waals surface area contributed by atoms with Crippen LogP contribution in [0.15, 0.2) is 18.2 Å². The van der Waals surface area contributed by atoms with Crippen LogP contribution in [0.4, 0.5) is 0 Å². The van der Waals surface area contributed by atoms with Crippen LogP contribution in [-0.4, -0.2) is 7.05 Å². The number of aryl methyl sites for hydroxylation is 2. The fraction of sp³-hybridized carbons (Fsp3) is 0.647. The third-order valence-corrected chi connectivity index (χ3v) is 4.37. The van der Waals surface area contributed by atoms with Gasteiger partial charge in [-0.05, 0) is 55.3 Å². The minimum Gasteiger partial charge on any atom is -0.313 e. The largest absolute Gasteiger partial charge is 0.313 e. The molecule has 0 fully saturated rings. The molecule has 1 nitrogen and oxygen atoms in total. The Labute approximate surface area is 112 Å². The van der Waals surface area contributed by atoms with Crippen molar-refractivity contribution in [3.63, 3.8) is 0 Å². The van der Waals surface area contributed by atoms with Crippen LogP contribution in [0, 0.1) is 5.92 Å². The fourth-order valence-electron chi connectivity index (χ4n) is 3.26. The molecule has 100 valence electrons. The first-order valence-corrected chi connectivity index (χ1v) is 7.55. The van der Waals surface area contributed by atoms with Gasteiger partial charge >= 0.3 is 0 Å². The van der Waals surface area contributed by atoms with Gasteiger partial charge in [-0.25, -0.2) is 0 Å². The molecule has 0 amide bonds. The zero-order valence-corrected chi connectivity index (χ0v) is 12.1. The first kappa shape index (κ1) is 13.6. The number of hydrogen-bond acceptors (Lipinski definition) is 1. The van der Waals surface area contributed by atoms with E-state index in [1.165, 1.54) is 44.1 Å². The van der Waals surface area contributed by atoms with Crippen LogP contribution in [0.25, 0.3) is 0 Å². The topological polar surface area (TPSA) is 12.0 Å². The predicted octanol–water partition coefficient (Wildman–Crippen LogP) is 4.26. The van der Waals surface area contributed by atoms with Gasteiger partial charge in [-0.1, -0.05) is 44.9 Å². The molecule has 2 atom stereocenters. The molecule has 18 heavy (non-hydrogen) atoms. The zero-order chi connectivity index (χ0) is 13.0. The fourth-order valence-corrected chi connectivity index (χ4v) is 3.26. The zero-order valence-electron chi connectivity index (χ0n) is 12.1. The van der Waals surface area contributed by atoms with Crippen LogP contribution in [0.1, 0.15) is 62.3 Å². The smallest absolute Gasteiger partial charge is 0.0343 e. The molecule has 0 radical (unpaired) electrons. The SMILES string of the molecule is CCCCC(C)C(NC)c1ccc2c(c1)CCC2. The number of benzene rings is 1. The summed E-state index contributed by atoms with van der Waals surface area (Å²) in [7, 11) is 2.10. The highest BCUT2D eigenvalue weighted by Gasteiger charge is 2.19. The first-order valence-electron chi connectivity index (χ1n) is 7.55. The van der Waals surface area contributed by atoms with E-state index in [0.717, 1.165) is 5.92 Å². The van der Waals surface area contributed by atoms with Crippen molar-refractivity contribution in [2.24, 2.45) is 5.92 Å². The molecule has 0 saturated heterocycles. The molecule has 1 aliphatic carbocycles. The van der Waals surface area contributed by atoms with E-state index < -0.39 is 0 Å². The van der Waals surface area contributed by atoms with Crippen LogP contribution < -0.4 is 5.32 Å². The van der Waals surface area contributed by atoms with E-state index >= 15 is 0 Å². The van der Waals surface area contributed by atoms with Crippen LogP contribution in [0.3, 0.4) is 0 Å². The molecule has 0 aliphatic heterocycles. The van der Waals surface area contributed by atoms with Crippen LogP contribution in [-0.2, 0) is 12.8 Å². The first-order chi connectivity index (χ1) is 8.76. The lowest BCUT2D eigenvalue weighted by Gasteiger charge is -2.24. The molecule has 2 unspecified atom stereocenters. The van der Waals surface area contributed by atoms with E-state index in [2.05, 4.69) is 44.4 Å². The Bertz CT molecular complexity index is 383. The van der Waals surface area contributed by atoms with Crippen molar-refractivity contribution in [1.29, 1.82) is 0 Å². The van der Waals surface area contributed by atoms with E-state index in [1.807, 2.05) is 0 Å². The van der Waals surface area contributed by atoms with Crippen molar-refractivity contribution in [3.05, 3.63) is 34.9 Å². The van der Waals surface area contributed by atoms with Crippen molar-refractivity contribution in [2.75, 3.05) is 7.05 Å². The maximum Gasteiger partial charge on any atom is 0.0343 e. The van der Waals surface area contributed by atoms with Gasteiger partial charge in [-0.2, -0.15) is 0 Å². The summed E-state index contributed by atoms with van der Waals surface area (Å²) in [6.07, 6.45) is 7.86. The Morgan fingerprint density at radius 2 is 2.00 bits per heavy atom. The van der Waals surface area contributed by atoms with Gasteiger partial charge in [-0.3, -0.25) is 0 Å². The van der Waals surface area contributed by atoms with E-state index in [4.69, 9.17) is 0 Å². The van der Waals surface area contributed by atoms with Gasteiger partial charge in [-0.15, -0.1) is 0 Å². The van der Waals surface area contributed by atoms with Gasteiger partial charge in [0.1, 0.15) is 0 Å². The summed E-state index contributed by atoms with van der Waals surface area (Å²) in [6, 6.07) is 7.66. The van der Waals surface area contributed by atoms with E-state index in [-0.39, 0.29) is 0 Å². The molecule has 1 aliphatic rings. The second kappa shape index (κ2) is 6.38. The minimum atomic E-state index is 0.516. The van der Waals surface area contributed by atoms with E-state index in [9.17, 15) is 0 Å². The minimum absolute atomic E-state index is 0.516. The average Bonchev–Trinajstić information content (AvgIpc) is 2.84. The van der Waals surface area contributed by atoms with Gasteiger partial charge in [0.2, 0.25) is 0 Å². The molecule has 1 heteroatoms. The molecule has 0 spiro atoms. The van der Waals surface area contributed by atoms with E-state index in [1.54, 1.807) is 11.1 Å². The van der Waals surface area contributed by atoms with Crippen LogP contribution in [0.5, 0.6) is 0 Å². The summed E-state index contributed by atoms with van der Waals surface area (Å²) >= 11 is 0. The summed E-state index contributed by atoms with van der Waals surface area (Å²) in [4.78, 5) is 0. The Morgan fingerprint density at radius 1 is 1.22 bits per heavy atom. The highest BCUT2D eigenvalue weighted by atomic mass is 14.9. The quantitative estimate of drug-likeness (QED) is 0.789. The highest BCUT2D eigenvalue weighted by Crippen LogP contribution is 2.30. The summed E-state index contributed by atoms with van der Waals surface area (Å²) < 4.78 is 0. The van der Waals surface area contributed by atoms with Gasteiger partial charge < -0.3 is 5.32 Å². The number of rotatable bonds is 6. The maximum absolute atomic E-state index is 3.52. The summed E-state index contributed by atoms with van der Waals surface area (Å²) in [6.45, 7) is 4.65. The van der Waals surface area contributed by atoms with Gasteiger partial charge in [0.25, 0.3) is 0 Å². The number of unbranched alkanes of at least 4 members (excludes halogenated alkanes) is 1. The van der Waals surface area contributed by atoms with Gasteiger partial charge in [0.05, 0.1) is 0 Å². The number of nitrogens with one attached hydrogen (secondary N) is 1. The van der Waals surface area contributed by atoms with Crippen LogP contribution >= 0.6 is 0 Å². The molecule has 1 aromatic carbocycles. The second-order valence-electron chi connectivity index (χ2n) is 5.77. The monoisotopic (exact) mass is 245 g/mol. The van der Waals surface area contributed by atoms with Crippen molar-refractivity contribution in [1.82, 2.24) is 5.32 Å². The Balaban J connectivity index is 2.12. The molecule has 0 saturated carbocycles. The molecule has 0 bridgehead atoms. The predicted molar refractivity (Wildman–Crippen MR) is 79.0 cm³/mol. The lowest BCUT2D eigenvalue weighted by Crippen LogP contribution is -2.23. The number of fused-ring (bicyclic) bond motifs is 1. The highest BCUT2D eigenvalue weighted by molar-refractivity contribution is 5.36. The Hall–Kier alpha value is -0.820. The third-order valence-electron chi connectivity index (χ3n) is 4.37. The average molecular weight is 245 g/mol. The van der Waals surface area contributed by atoms with Gasteiger partial charge in [0, 0.05) is 6.04 Å². The molecule has 0 aromatic heterocycles. The second-order valence-corrected chi connectivity index (χ2v) is 5.77. The maximum atomic E-state index is 3.52. The Morgan fingerprint density at radius 3 is 2.72 bits per heavy atom. The normalized spacial score (nSPS) is 17.5. The van der Waals surface area contributed by atoms with Crippen molar-refractivity contribution in [3.8, 4) is 0 Å². The summed E-state index contributed by atoms with van der Waals surface area (Å²) in [5.74, 6) is 0.717. The Kier molecular flexibility index (Phi) is 4.82. The lowest BCUT2D eigenvalue weighted by molar-refractivity contribution is 0.377. The molecule has 2 rings (SSSR count). The molecular weight excluding hydrogens is 218 g/mol. The van der Waals surface area contributed by atoms with Crippen molar-refractivity contribution < 1.29 is 0 Å². The van der Waals surface area contributed by atoms with Crippen molar-refractivity contribution in [2.45, 2.75) is 58.4 Å². The van der Waals surface area contributed by atoms with Gasteiger partial charge in [0.15, 0.2) is 0 Å². The lowest BCUT2D eigenvalue weighted by atomic mass is 9.89. The molecular formula is C17H27N. The molecule has 1 N–H and O–H groups in total. The van der Waals surface area contributed by atoms with Crippen molar-refractivity contribution >= 4 is 0 Å². The van der Waals surface area contributed by atoms with E-state index in [0.29, 0.717) is 6.04 Å². The summed E-state index contributed by atoms with van der Waals surface area (Å²) in [5, 5.41) is 3.52. The molecule has 1 aromatic rings.